The lowest BCUT2D eigenvalue weighted by atomic mass is 9.91. The molecule has 0 unspecified atom stereocenters. The van der Waals surface area contributed by atoms with E-state index in [2.05, 4.69) is 12.2 Å². The number of likely N-dealkylation sites (tertiary alicyclic amines) is 1. The second-order valence-electron chi connectivity index (χ2n) is 7.66. The highest BCUT2D eigenvalue weighted by Crippen LogP contribution is 2.37. The lowest BCUT2D eigenvalue weighted by Gasteiger charge is -2.36. The number of amides is 4. The van der Waals surface area contributed by atoms with Crippen LogP contribution in [0.25, 0.3) is 0 Å². The SMILES string of the molecule is CC[C@@H]1CCCCN1C(=O)CN1C(=O)N[C@@](C)(c2ccc3c(c2)OCO3)C1=O. The molecule has 0 saturated carbocycles. The van der Waals surface area contributed by atoms with Crippen LogP contribution in [0.3, 0.4) is 0 Å². The monoisotopic (exact) mass is 387 g/mol. The molecule has 28 heavy (non-hydrogen) atoms. The Morgan fingerprint density at radius 2 is 2.04 bits per heavy atom. The van der Waals surface area contributed by atoms with Crippen LogP contribution < -0.4 is 14.8 Å². The molecular weight excluding hydrogens is 362 g/mol. The zero-order valence-corrected chi connectivity index (χ0v) is 16.2. The van der Waals surface area contributed by atoms with Gasteiger partial charge in [0, 0.05) is 12.6 Å². The Labute approximate surface area is 163 Å². The molecule has 8 heteroatoms. The lowest BCUT2D eigenvalue weighted by molar-refractivity contribution is -0.141. The van der Waals surface area contributed by atoms with Crippen LogP contribution >= 0.6 is 0 Å². The van der Waals surface area contributed by atoms with Crippen molar-refractivity contribution in [2.45, 2.75) is 51.1 Å². The van der Waals surface area contributed by atoms with E-state index in [0.717, 1.165) is 30.6 Å². The second-order valence-corrected chi connectivity index (χ2v) is 7.66. The summed E-state index contributed by atoms with van der Waals surface area (Å²) in [7, 11) is 0. The van der Waals surface area contributed by atoms with Crippen molar-refractivity contribution in [1.29, 1.82) is 0 Å². The smallest absolute Gasteiger partial charge is 0.325 e. The Bertz CT molecular complexity index is 826. The normalized spacial score (nSPS) is 26.6. The summed E-state index contributed by atoms with van der Waals surface area (Å²) < 4.78 is 10.7. The summed E-state index contributed by atoms with van der Waals surface area (Å²) in [4.78, 5) is 41.3. The van der Waals surface area contributed by atoms with Crippen LogP contribution in [0.2, 0.25) is 0 Å². The van der Waals surface area contributed by atoms with Gasteiger partial charge in [-0.25, -0.2) is 4.79 Å². The predicted octanol–water partition coefficient (Wildman–Crippen LogP) is 1.97. The van der Waals surface area contributed by atoms with E-state index in [9.17, 15) is 14.4 Å². The molecule has 0 aliphatic carbocycles. The molecule has 1 aromatic carbocycles. The van der Waals surface area contributed by atoms with Crippen LogP contribution in [0, 0.1) is 0 Å². The van der Waals surface area contributed by atoms with E-state index >= 15 is 0 Å². The van der Waals surface area contributed by atoms with Gasteiger partial charge in [0.15, 0.2) is 11.5 Å². The first-order valence-corrected chi connectivity index (χ1v) is 9.77. The first kappa shape index (κ1) is 18.6. The largest absolute Gasteiger partial charge is 0.454 e. The van der Waals surface area contributed by atoms with E-state index in [1.165, 1.54) is 0 Å². The minimum atomic E-state index is -1.25. The molecule has 8 nitrogen and oxygen atoms in total. The molecule has 0 bridgehead atoms. The molecule has 3 heterocycles. The van der Waals surface area contributed by atoms with Gasteiger partial charge in [-0.05, 0) is 50.3 Å². The number of rotatable bonds is 4. The van der Waals surface area contributed by atoms with Crippen molar-refractivity contribution < 1.29 is 23.9 Å². The van der Waals surface area contributed by atoms with Crippen molar-refractivity contribution in [3.8, 4) is 11.5 Å². The fourth-order valence-electron chi connectivity index (χ4n) is 4.22. The molecule has 3 aliphatic heterocycles. The van der Waals surface area contributed by atoms with Gasteiger partial charge in [0.2, 0.25) is 12.7 Å². The number of carbonyl (C=O) groups excluding carboxylic acids is 3. The summed E-state index contributed by atoms with van der Waals surface area (Å²) in [5, 5.41) is 2.74. The van der Waals surface area contributed by atoms with Gasteiger partial charge in [-0.2, -0.15) is 0 Å². The maximum absolute atomic E-state index is 13.1. The molecular formula is C20H25N3O5. The standard InChI is InChI=1S/C20H25N3O5/c1-3-14-6-4-5-9-22(14)17(24)11-23-18(25)20(2,21-19(23)26)13-7-8-15-16(10-13)28-12-27-15/h7-8,10,14H,3-6,9,11-12H2,1-2H3,(H,21,26)/t14-,20+/m1/s1. The van der Waals surface area contributed by atoms with Crippen molar-refractivity contribution in [3.63, 3.8) is 0 Å². The molecule has 4 rings (SSSR count). The van der Waals surface area contributed by atoms with Crippen LogP contribution in [0.4, 0.5) is 4.79 Å². The van der Waals surface area contributed by atoms with Crippen molar-refractivity contribution >= 4 is 17.8 Å². The zero-order valence-electron chi connectivity index (χ0n) is 16.2. The Morgan fingerprint density at radius 1 is 1.25 bits per heavy atom. The molecule has 0 radical (unpaired) electrons. The van der Waals surface area contributed by atoms with E-state index in [4.69, 9.17) is 9.47 Å². The quantitative estimate of drug-likeness (QED) is 0.798. The van der Waals surface area contributed by atoms with Gasteiger partial charge < -0.3 is 19.7 Å². The molecule has 1 aromatic rings. The minimum absolute atomic E-state index is 0.130. The number of hydrogen-bond acceptors (Lipinski definition) is 5. The van der Waals surface area contributed by atoms with Crippen LogP contribution in [-0.2, 0) is 15.1 Å². The van der Waals surface area contributed by atoms with Crippen LogP contribution in [-0.4, -0.2) is 53.6 Å². The maximum atomic E-state index is 13.1. The van der Waals surface area contributed by atoms with E-state index < -0.39 is 17.5 Å². The Hall–Kier alpha value is -2.77. The number of carbonyl (C=O) groups is 3. The van der Waals surface area contributed by atoms with Crippen molar-refractivity contribution in [1.82, 2.24) is 15.1 Å². The molecule has 1 N–H and O–H groups in total. The third kappa shape index (κ3) is 2.96. The lowest BCUT2D eigenvalue weighted by Crippen LogP contribution is -2.49. The fourth-order valence-corrected chi connectivity index (χ4v) is 4.22. The number of piperidine rings is 1. The average Bonchev–Trinajstić information content (AvgIpc) is 3.26. The van der Waals surface area contributed by atoms with Gasteiger partial charge in [0.1, 0.15) is 12.1 Å². The summed E-state index contributed by atoms with van der Waals surface area (Å²) in [6, 6.07) is 4.78. The van der Waals surface area contributed by atoms with Gasteiger partial charge in [-0.3, -0.25) is 14.5 Å². The number of ether oxygens (including phenoxy) is 2. The minimum Gasteiger partial charge on any atom is -0.454 e. The molecule has 150 valence electrons. The summed E-state index contributed by atoms with van der Waals surface area (Å²) in [6.45, 7) is 4.28. The number of fused-ring (bicyclic) bond motifs is 1. The maximum Gasteiger partial charge on any atom is 0.325 e. The summed E-state index contributed by atoms with van der Waals surface area (Å²) >= 11 is 0. The number of benzene rings is 1. The van der Waals surface area contributed by atoms with Crippen LogP contribution in [0.5, 0.6) is 11.5 Å². The number of nitrogens with zero attached hydrogens (tertiary/aromatic N) is 2. The van der Waals surface area contributed by atoms with Gasteiger partial charge in [-0.15, -0.1) is 0 Å². The van der Waals surface area contributed by atoms with E-state index in [-0.39, 0.29) is 25.3 Å². The van der Waals surface area contributed by atoms with Crippen molar-refractivity contribution in [2.24, 2.45) is 0 Å². The second kappa shape index (κ2) is 7.00. The topological polar surface area (TPSA) is 88.2 Å². The third-order valence-electron chi connectivity index (χ3n) is 5.94. The average molecular weight is 387 g/mol. The predicted molar refractivity (Wildman–Crippen MR) is 99.8 cm³/mol. The highest BCUT2D eigenvalue weighted by atomic mass is 16.7. The number of nitrogens with one attached hydrogen (secondary N) is 1. The van der Waals surface area contributed by atoms with Gasteiger partial charge in [0.25, 0.3) is 5.91 Å². The molecule has 2 fully saturated rings. The molecule has 2 saturated heterocycles. The van der Waals surface area contributed by atoms with Crippen LogP contribution in [0.15, 0.2) is 18.2 Å². The summed E-state index contributed by atoms with van der Waals surface area (Å²) in [5.74, 6) is 0.529. The fraction of sp³-hybridized carbons (Fsp3) is 0.550. The molecule has 0 aromatic heterocycles. The Kier molecular flexibility index (Phi) is 4.64. The number of urea groups is 1. The highest BCUT2D eigenvalue weighted by Gasteiger charge is 2.50. The van der Waals surface area contributed by atoms with Gasteiger partial charge in [0.05, 0.1) is 0 Å². The van der Waals surface area contributed by atoms with Crippen molar-refractivity contribution in [2.75, 3.05) is 19.9 Å². The van der Waals surface area contributed by atoms with Crippen molar-refractivity contribution in [3.05, 3.63) is 23.8 Å². The number of imide groups is 1. The van der Waals surface area contributed by atoms with Gasteiger partial charge >= 0.3 is 6.03 Å². The third-order valence-corrected chi connectivity index (χ3v) is 5.94. The molecule has 4 amide bonds. The first-order chi connectivity index (χ1) is 13.4. The summed E-state index contributed by atoms with van der Waals surface area (Å²) in [6.07, 6.45) is 3.91. The summed E-state index contributed by atoms with van der Waals surface area (Å²) in [5.41, 5.74) is -0.654. The van der Waals surface area contributed by atoms with E-state index in [0.29, 0.717) is 23.6 Å². The Balaban J connectivity index is 1.53. The highest BCUT2D eigenvalue weighted by molar-refractivity contribution is 6.09. The van der Waals surface area contributed by atoms with E-state index in [1.807, 2.05) is 4.90 Å². The Morgan fingerprint density at radius 3 is 2.82 bits per heavy atom. The molecule has 0 spiro atoms. The van der Waals surface area contributed by atoms with E-state index in [1.54, 1.807) is 25.1 Å². The number of hydrogen-bond donors (Lipinski definition) is 1. The molecule has 3 aliphatic rings. The van der Waals surface area contributed by atoms with Gasteiger partial charge in [-0.1, -0.05) is 13.0 Å². The zero-order chi connectivity index (χ0) is 19.9. The molecule has 2 atom stereocenters. The first-order valence-electron chi connectivity index (χ1n) is 9.77. The van der Waals surface area contributed by atoms with Crippen LogP contribution in [0.1, 0.15) is 45.1 Å².